The molecule has 0 amide bonds. The van der Waals surface area contributed by atoms with Crippen LogP contribution in [-0.4, -0.2) is 59.2 Å². The Morgan fingerprint density at radius 2 is 1.52 bits per heavy atom. The maximum absolute atomic E-state index is 4.38. The summed E-state index contributed by atoms with van der Waals surface area (Å²) < 4.78 is 1.93. The van der Waals surface area contributed by atoms with Crippen molar-refractivity contribution in [2.45, 2.75) is 32.4 Å². The molecular formula is C19H30N6. The molecule has 0 radical (unpaired) electrons. The molecule has 2 heterocycles. The van der Waals surface area contributed by atoms with Gasteiger partial charge in [0.25, 0.3) is 0 Å². The van der Waals surface area contributed by atoms with Crippen LogP contribution < -0.4 is 10.6 Å². The topological polar surface area (TPSA) is 58.0 Å². The lowest BCUT2D eigenvalue weighted by Gasteiger charge is -2.22. The normalized spacial score (nSPS) is 18.4. The first kappa shape index (κ1) is 18.0. The summed E-state index contributed by atoms with van der Waals surface area (Å²) in [5, 5.41) is 15.7. The van der Waals surface area contributed by atoms with Crippen LogP contribution in [0.1, 0.15) is 30.5 Å². The first-order chi connectivity index (χ1) is 12.4. The van der Waals surface area contributed by atoms with E-state index in [4.69, 9.17) is 0 Å². The highest BCUT2D eigenvalue weighted by Crippen LogP contribution is 2.06. The zero-order valence-corrected chi connectivity index (χ0v) is 15.0. The van der Waals surface area contributed by atoms with Gasteiger partial charge in [0.05, 0.1) is 18.4 Å². The third kappa shape index (κ3) is 6.57. The van der Waals surface area contributed by atoms with E-state index in [1.165, 1.54) is 24.8 Å². The number of rotatable bonds is 4. The quantitative estimate of drug-likeness (QED) is 0.882. The van der Waals surface area contributed by atoms with Crippen molar-refractivity contribution < 1.29 is 0 Å². The van der Waals surface area contributed by atoms with Crippen molar-refractivity contribution in [2.24, 2.45) is 0 Å². The lowest BCUT2D eigenvalue weighted by molar-refractivity contribution is 0.252. The van der Waals surface area contributed by atoms with E-state index in [1.807, 2.05) is 10.7 Å². The number of nitrogens with zero attached hydrogens (tertiary/aromatic N) is 4. The minimum absolute atomic E-state index is 0.779. The van der Waals surface area contributed by atoms with Crippen molar-refractivity contribution in [1.29, 1.82) is 0 Å². The minimum atomic E-state index is 0.779. The molecule has 3 rings (SSSR count). The van der Waals surface area contributed by atoms with E-state index in [-0.39, 0.29) is 0 Å². The van der Waals surface area contributed by atoms with Crippen LogP contribution in [-0.2, 0) is 13.1 Å². The molecular weight excluding hydrogens is 312 g/mol. The van der Waals surface area contributed by atoms with E-state index in [9.17, 15) is 0 Å². The van der Waals surface area contributed by atoms with E-state index < -0.39 is 0 Å². The van der Waals surface area contributed by atoms with Gasteiger partial charge in [0, 0.05) is 6.54 Å². The molecule has 2 N–H and O–H groups in total. The summed E-state index contributed by atoms with van der Waals surface area (Å²) in [6.45, 7) is 8.30. The van der Waals surface area contributed by atoms with E-state index in [1.54, 1.807) is 0 Å². The first-order valence-electron chi connectivity index (χ1n) is 9.47. The predicted molar refractivity (Wildman–Crippen MR) is 100 cm³/mol. The Kier molecular flexibility index (Phi) is 7.42. The third-order valence-electron chi connectivity index (χ3n) is 4.52. The van der Waals surface area contributed by atoms with Crippen LogP contribution >= 0.6 is 0 Å². The Morgan fingerprint density at radius 3 is 2.24 bits per heavy atom. The first-order valence-corrected chi connectivity index (χ1v) is 9.47. The molecule has 0 bridgehead atoms. The van der Waals surface area contributed by atoms with E-state index >= 15 is 0 Å². The van der Waals surface area contributed by atoms with Gasteiger partial charge in [0.1, 0.15) is 0 Å². The minimum Gasteiger partial charge on any atom is -0.317 e. The largest absolute Gasteiger partial charge is 0.317 e. The fourth-order valence-electron chi connectivity index (χ4n) is 3.20. The number of aromatic nitrogens is 3. The van der Waals surface area contributed by atoms with Crippen LogP contribution in [0.5, 0.6) is 0 Å². The molecule has 1 aliphatic heterocycles. The van der Waals surface area contributed by atoms with Gasteiger partial charge in [0.2, 0.25) is 0 Å². The molecule has 1 aromatic heterocycles. The van der Waals surface area contributed by atoms with Crippen LogP contribution in [0.4, 0.5) is 0 Å². The van der Waals surface area contributed by atoms with E-state index in [0.29, 0.717) is 0 Å². The second-order valence-corrected chi connectivity index (χ2v) is 6.73. The van der Waals surface area contributed by atoms with Crippen LogP contribution in [0.25, 0.3) is 0 Å². The van der Waals surface area contributed by atoms with E-state index in [2.05, 4.69) is 56.3 Å². The Labute approximate surface area is 150 Å². The molecule has 0 aliphatic carbocycles. The van der Waals surface area contributed by atoms with Gasteiger partial charge in [-0.2, -0.15) is 0 Å². The Hall–Kier alpha value is -1.76. The van der Waals surface area contributed by atoms with Gasteiger partial charge in [-0.1, -0.05) is 35.5 Å². The van der Waals surface area contributed by atoms with Gasteiger partial charge in [-0.05, 0) is 64.1 Å². The van der Waals surface area contributed by atoms with Crippen LogP contribution in [0.3, 0.4) is 0 Å². The second-order valence-electron chi connectivity index (χ2n) is 6.73. The SMILES string of the molecule is c1ccc(Cn2cc(CN3CCCNCCCNCCC3)nn2)cc1. The smallest absolute Gasteiger partial charge is 0.0967 e. The zero-order chi connectivity index (χ0) is 17.2. The molecule has 2 aromatic rings. The third-order valence-corrected chi connectivity index (χ3v) is 4.52. The highest BCUT2D eigenvalue weighted by atomic mass is 15.4. The van der Waals surface area contributed by atoms with Crippen molar-refractivity contribution >= 4 is 0 Å². The molecule has 136 valence electrons. The molecule has 0 unspecified atom stereocenters. The van der Waals surface area contributed by atoms with Gasteiger partial charge in [-0.25, -0.2) is 4.68 Å². The maximum atomic E-state index is 4.38. The lowest BCUT2D eigenvalue weighted by Crippen LogP contribution is -2.32. The molecule has 0 spiro atoms. The summed E-state index contributed by atoms with van der Waals surface area (Å²) in [5.41, 5.74) is 2.31. The summed E-state index contributed by atoms with van der Waals surface area (Å²) in [6, 6.07) is 10.4. The summed E-state index contributed by atoms with van der Waals surface area (Å²) in [5.74, 6) is 0. The fourth-order valence-corrected chi connectivity index (χ4v) is 3.20. The highest BCUT2D eigenvalue weighted by molar-refractivity contribution is 5.14. The molecule has 6 nitrogen and oxygen atoms in total. The average molecular weight is 342 g/mol. The summed E-state index contributed by atoms with van der Waals surface area (Å²) in [4.78, 5) is 2.50. The standard InChI is InChI=1S/C19H30N6/c1-2-7-18(8-3-1)15-25-17-19(22-23-25)16-24-13-5-11-20-9-4-10-21-12-6-14-24/h1-3,7-8,17,20-21H,4-6,9-16H2. The van der Waals surface area contributed by atoms with Crippen molar-refractivity contribution in [3.8, 4) is 0 Å². The lowest BCUT2D eigenvalue weighted by atomic mass is 10.2. The number of benzene rings is 1. The van der Waals surface area contributed by atoms with Crippen LogP contribution in [0.15, 0.2) is 36.5 Å². The molecule has 25 heavy (non-hydrogen) atoms. The van der Waals surface area contributed by atoms with Gasteiger partial charge < -0.3 is 10.6 Å². The van der Waals surface area contributed by atoms with Gasteiger partial charge in [-0.3, -0.25) is 4.90 Å². The monoisotopic (exact) mass is 342 g/mol. The van der Waals surface area contributed by atoms with E-state index in [0.717, 1.165) is 58.1 Å². The zero-order valence-electron chi connectivity index (χ0n) is 15.0. The molecule has 0 atom stereocenters. The predicted octanol–water partition coefficient (Wildman–Crippen LogP) is 1.49. The van der Waals surface area contributed by atoms with Crippen LogP contribution in [0.2, 0.25) is 0 Å². The van der Waals surface area contributed by atoms with Crippen molar-refractivity contribution in [1.82, 2.24) is 30.5 Å². The molecule has 1 saturated heterocycles. The average Bonchev–Trinajstić information content (AvgIpc) is 3.05. The molecule has 1 aromatic carbocycles. The molecule has 1 aliphatic rings. The van der Waals surface area contributed by atoms with Gasteiger partial charge in [-0.15, -0.1) is 5.10 Å². The van der Waals surface area contributed by atoms with Crippen LogP contribution in [0, 0.1) is 0 Å². The summed E-state index contributed by atoms with van der Waals surface area (Å²) in [7, 11) is 0. The summed E-state index contributed by atoms with van der Waals surface area (Å²) in [6.07, 6.45) is 5.67. The second kappa shape index (κ2) is 10.3. The van der Waals surface area contributed by atoms with Gasteiger partial charge >= 0.3 is 0 Å². The number of hydrogen-bond acceptors (Lipinski definition) is 5. The molecule has 0 saturated carbocycles. The van der Waals surface area contributed by atoms with Crippen molar-refractivity contribution in [3.05, 3.63) is 47.8 Å². The van der Waals surface area contributed by atoms with Gasteiger partial charge in [0.15, 0.2) is 0 Å². The maximum Gasteiger partial charge on any atom is 0.0967 e. The molecule has 1 fully saturated rings. The summed E-state index contributed by atoms with van der Waals surface area (Å²) >= 11 is 0. The fraction of sp³-hybridized carbons (Fsp3) is 0.579. The van der Waals surface area contributed by atoms with Crippen molar-refractivity contribution in [3.63, 3.8) is 0 Å². The Bertz CT molecular complexity index is 585. The molecule has 6 heteroatoms. The Balaban J connectivity index is 1.52. The Morgan fingerprint density at radius 1 is 0.840 bits per heavy atom. The highest BCUT2D eigenvalue weighted by Gasteiger charge is 2.10. The van der Waals surface area contributed by atoms with Crippen molar-refractivity contribution in [2.75, 3.05) is 39.3 Å². The number of hydrogen-bond donors (Lipinski definition) is 2. The number of nitrogens with one attached hydrogen (secondary N) is 2.